The van der Waals surface area contributed by atoms with E-state index < -0.39 is 18.5 Å². The van der Waals surface area contributed by atoms with Crippen molar-refractivity contribution in [1.82, 2.24) is 14.9 Å². The molecule has 2 aromatic heterocycles. The van der Waals surface area contributed by atoms with Gasteiger partial charge in [-0.05, 0) is 25.5 Å². The van der Waals surface area contributed by atoms with E-state index in [4.69, 9.17) is 9.26 Å². The number of anilines is 1. The van der Waals surface area contributed by atoms with Gasteiger partial charge in [-0.1, -0.05) is 60.6 Å². The van der Waals surface area contributed by atoms with Crippen LogP contribution in [0.1, 0.15) is 28.7 Å². The molecular weight excluding hydrogens is 408 g/mol. The van der Waals surface area contributed by atoms with Gasteiger partial charge >= 0.3 is 5.97 Å². The molecule has 2 heterocycles. The van der Waals surface area contributed by atoms with Gasteiger partial charge in [0.05, 0.1) is 17.1 Å². The van der Waals surface area contributed by atoms with Gasteiger partial charge in [-0.15, -0.1) is 0 Å². The highest BCUT2D eigenvalue weighted by molar-refractivity contribution is 5.96. The molecule has 0 aliphatic heterocycles. The predicted octanol–water partition coefficient (Wildman–Crippen LogP) is 4.19. The standard InChI is InChI=1S/C24H22N4O4/c1-3-19-23(16(2)32-27-19)24(30)31-15-22(29)25-21-14-20(17-10-6-4-7-11-17)26-28(21)18-12-8-5-9-13-18/h4-14H,3,15H2,1-2H3,(H,25,29). The Bertz CT molecular complexity index is 1230. The second kappa shape index (κ2) is 9.30. The van der Waals surface area contributed by atoms with Crippen LogP contribution in [-0.4, -0.2) is 33.4 Å². The Hall–Kier alpha value is -4.20. The van der Waals surface area contributed by atoms with E-state index in [1.807, 2.05) is 67.6 Å². The molecule has 0 unspecified atom stereocenters. The molecule has 0 radical (unpaired) electrons. The third-order valence-corrected chi connectivity index (χ3v) is 4.85. The summed E-state index contributed by atoms with van der Waals surface area (Å²) in [5.41, 5.74) is 3.17. The summed E-state index contributed by atoms with van der Waals surface area (Å²) >= 11 is 0. The topological polar surface area (TPSA) is 99.2 Å². The third kappa shape index (κ3) is 4.44. The minimum Gasteiger partial charge on any atom is -0.452 e. The van der Waals surface area contributed by atoms with Crippen molar-refractivity contribution in [1.29, 1.82) is 0 Å². The Balaban J connectivity index is 1.53. The molecule has 8 heteroatoms. The number of ether oxygens (including phenoxy) is 1. The van der Waals surface area contributed by atoms with Crippen LogP contribution >= 0.6 is 0 Å². The van der Waals surface area contributed by atoms with Crippen LogP contribution in [0.5, 0.6) is 0 Å². The van der Waals surface area contributed by atoms with Crippen LogP contribution in [0.25, 0.3) is 16.9 Å². The molecule has 4 aromatic rings. The Kier molecular flexibility index (Phi) is 6.12. The van der Waals surface area contributed by atoms with E-state index in [2.05, 4.69) is 15.6 Å². The first kappa shape index (κ1) is 21.0. The highest BCUT2D eigenvalue weighted by Gasteiger charge is 2.22. The van der Waals surface area contributed by atoms with Crippen LogP contribution in [-0.2, 0) is 16.0 Å². The van der Waals surface area contributed by atoms with Gasteiger partial charge in [0.2, 0.25) is 0 Å². The lowest BCUT2D eigenvalue weighted by Gasteiger charge is -2.09. The van der Waals surface area contributed by atoms with Crippen molar-refractivity contribution in [3.05, 3.63) is 83.7 Å². The molecule has 162 valence electrons. The first-order valence-corrected chi connectivity index (χ1v) is 10.2. The van der Waals surface area contributed by atoms with E-state index in [-0.39, 0.29) is 5.56 Å². The summed E-state index contributed by atoms with van der Waals surface area (Å²) in [4.78, 5) is 25.0. The molecule has 1 N–H and O–H groups in total. The van der Waals surface area contributed by atoms with Gasteiger partial charge in [-0.25, -0.2) is 9.48 Å². The summed E-state index contributed by atoms with van der Waals surface area (Å²) in [5.74, 6) is -0.298. The normalized spacial score (nSPS) is 10.7. The van der Waals surface area contributed by atoms with Crippen LogP contribution in [0, 0.1) is 6.92 Å². The molecule has 0 aliphatic rings. The Morgan fingerprint density at radius 3 is 2.44 bits per heavy atom. The summed E-state index contributed by atoms with van der Waals surface area (Å²) in [5, 5.41) is 11.3. The number of hydrogen-bond acceptors (Lipinski definition) is 6. The summed E-state index contributed by atoms with van der Waals surface area (Å²) < 4.78 is 11.9. The van der Waals surface area contributed by atoms with E-state index in [1.54, 1.807) is 17.7 Å². The van der Waals surface area contributed by atoms with Gasteiger partial charge in [-0.2, -0.15) is 5.10 Å². The number of benzene rings is 2. The van der Waals surface area contributed by atoms with Gasteiger partial charge < -0.3 is 14.6 Å². The van der Waals surface area contributed by atoms with Crippen molar-refractivity contribution in [2.75, 3.05) is 11.9 Å². The number of nitrogens with one attached hydrogen (secondary N) is 1. The number of carbonyl (C=O) groups is 2. The van der Waals surface area contributed by atoms with Gasteiger partial charge in [0.1, 0.15) is 17.1 Å². The molecule has 0 fully saturated rings. The number of rotatable bonds is 7. The van der Waals surface area contributed by atoms with Gasteiger partial charge in [0.15, 0.2) is 6.61 Å². The number of carbonyl (C=O) groups excluding carboxylic acids is 2. The zero-order valence-corrected chi connectivity index (χ0v) is 17.7. The molecule has 32 heavy (non-hydrogen) atoms. The maximum atomic E-state index is 12.6. The second-order valence-electron chi connectivity index (χ2n) is 7.07. The molecule has 8 nitrogen and oxygen atoms in total. The van der Waals surface area contributed by atoms with Crippen LogP contribution < -0.4 is 5.32 Å². The molecule has 0 spiro atoms. The lowest BCUT2D eigenvalue weighted by atomic mass is 10.1. The van der Waals surface area contributed by atoms with Gasteiger partial charge in [0, 0.05) is 11.6 Å². The molecule has 0 saturated carbocycles. The fourth-order valence-electron chi connectivity index (χ4n) is 3.29. The quantitative estimate of drug-likeness (QED) is 0.441. The minimum absolute atomic E-state index is 0.265. The predicted molar refractivity (Wildman–Crippen MR) is 119 cm³/mol. The zero-order valence-electron chi connectivity index (χ0n) is 17.7. The van der Waals surface area contributed by atoms with Crippen molar-refractivity contribution in [3.63, 3.8) is 0 Å². The summed E-state index contributed by atoms with van der Waals surface area (Å²) in [7, 11) is 0. The number of hydrogen-bond donors (Lipinski definition) is 1. The molecule has 0 saturated heterocycles. The van der Waals surface area contributed by atoms with E-state index in [0.29, 0.717) is 29.4 Å². The average Bonchev–Trinajstić information content (AvgIpc) is 3.42. The van der Waals surface area contributed by atoms with Crippen molar-refractivity contribution < 1.29 is 18.8 Å². The summed E-state index contributed by atoms with van der Waals surface area (Å²) in [6.45, 7) is 3.04. The van der Waals surface area contributed by atoms with Crippen molar-refractivity contribution in [3.8, 4) is 16.9 Å². The number of aryl methyl sites for hydroxylation is 2. The first-order valence-electron chi connectivity index (χ1n) is 10.2. The van der Waals surface area contributed by atoms with Crippen LogP contribution in [0.3, 0.4) is 0 Å². The SMILES string of the molecule is CCc1noc(C)c1C(=O)OCC(=O)Nc1cc(-c2ccccc2)nn1-c1ccccc1. The second-order valence-corrected chi connectivity index (χ2v) is 7.07. The van der Waals surface area contributed by atoms with Gasteiger partial charge in [0.25, 0.3) is 5.91 Å². The molecule has 1 amide bonds. The fraction of sp³-hybridized carbons (Fsp3) is 0.167. The van der Waals surface area contributed by atoms with Crippen LogP contribution in [0.15, 0.2) is 71.3 Å². The van der Waals surface area contributed by atoms with E-state index in [0.717, 1.165) is 11.3 Å². The van der Waals surface area contributed by atoms with Gasteiger partial charge in [-0.3, -0.25) is 4.79 Å². The monoisotopic (exact) mass is 430 g/mol. The van der Waals surface area contributed by atoms with Crippen molar-refractivity contribution in [2.45, 2.75) is 20.3 Å². The maximum absolute atomic E-state index is 12.6. The van der Waals surface area contributed by atoms with Crippen molar-refractivity contribution >= 4 is 17.7 Å². The van der Waals surface area contributed by atoms with Crippen LogP contribution in [0.4, 0.5) is 5.82 Å². The highest BCUT2D eigenvalue weighted by atomic mass is 16.5. The smallest absolute Gasteiger partial charge is 0.344 e. The largest absolute Gasteiger partial charge is 0.452 e. The fourth-order valence-corrected chi connectivity index (χ4v) is 3.29. The Labute approximate surface area is 184 Å². The Morgan fingerprint density at radius 1 is 1.06 bits per heavy atom. The number of esters is 1. The number of aromatic nitrogens is 3. The van der Waals surface area contributed by atoms with E-state index in [1.165, 1.54) is 0 Å². The lowest BCUT2D eigenvalue weighted by molar-refractivity contribution is -0.119. The number of para-hydroxylation sites is 1. The molecular formula is C24H22N4O4. The Morgan fingerprint density at radius 2 is 1.75 bits per heavy atom. The zero-order chi connectivity index (χ0) is 22.5. The van der Waals surface area contributed by atoms with E-state index >= 15 is 0 Å². The molecule has 2 aromatic carbocycles. The molecule has 0 atom stereocenters. The molecule has 4 rings (SSSR count). The lowest BCUT2D eigenvalue weighted by Crippen LogP contribution is -2.22. The minimum atomic E-state index is -0.641. The number of nitrogens with zero attached hydrogens (tertiary/aromatic N) is 3. The highest BCUT2D eigenvalue weighted by Crippen LogP contribution is 2.24. The van der Waals surface area contributed by atoms with Crippen molar-refractivity contribution in [2.24, 2.45) is 0 Å². The molecule has 0 aliphatic carbocycles. The average molecular weight is 430 g/mol. The number of amides is 1. The summed E-state index contributed by atoms with van der Waals surface area (Å²) in [6.07, 6.45) is 0.520. The molecule has 0 bridgehead atoms. The van der Waals surface area contributed by atoms with Crippen LogP contribution in [0.2, 0.25) is 0 Å². The maximum Gasteiger partial charge on any atom is 0.344 e. The first-order chi connectivity index (χ1) is 15.6. The third-order valence-electron chi connectivity index (χ3n) is 4.85. The van der Waals surface area contributed by atoms with E-state index in [9.17, 15) is 9.59 Å². The summed E-state index contributed by atoms with van der Waals surface area (Å²) in [6, 6.07) is 20.9.